The molecule has 0 unspecified atom stereocenters. The predicted octanol–water partition coefficient (Wildman–Crippen LogP) is 1.62. The molecule has 2 heterocycles. The summed E-state index contributed by atoms with van der Waals surface area (Å²) >= 11 is 0. The summed E-state index contributed by atoms with van der Waals surface area (Å²) in [5.41, 5.74) is 1.27. The molecule has 5 nitrogen and oxygen atoms in total. The fraction of sp³-hybridized carbons (Fsp3) is 0.611. The van der Waals surface area contributed by atoms with Crippen LogP contribution < -0.4 is 4.74 Å². The van der Waals surface area contributed by atoms with Crippen molar-refractivity contribution in [1.82, 2.24) is 9.80 Å². The quantitative estimate of drug-likeness (QED) is 0.799. The Morgan fingerprint density at radius 2 is 1.96 bits per heavy atom. The topological polar surface area (TPSA) is 42.0 Å². The minimum Gasteiger partial charge on any atom is -0.497 e. The summed E-state index contributed by atoms with van der Waals surface area (Å²) in [5, 5.41) is 0. The van der Waals surface area contributed by atoms with E-state index in [9.17, 15) is 4.79 Å². The van der Waals surface area contributed by atoms with Crippen molar-refractivity contribution in [3.05, 3.63) is 29.8 Å². The molecule has 126 valence electrons. The van der Waals surface area contributed by atoms with Crippen LogP contribution in [-0.4, -0.2) is 62.7 Å². The number of methoxy groups -OCH3 is 2. The van der Waals surface area contributed by atoms with Gasteiger partial charge >= 0.3 is 0 Å². The highest BCUT2D eigenvalue weighted by atomic mass is 16.5. The van der Waals surface area contributed by atoms with Gasteiger partial charge in [-0.3, -0.25) is 9.69 Å². The number of hydrogen-bond acceptors (Lipinski definition) is 4. The van der Waals surface area contributed by atoms with Gasteiger partial charge in [0.15, 0.2) is 0 Å². The van der Waals surface area contributed by atoms with Gasteiger partial charge in [-0.15, -0.1) is 0 Å². The van der Waals surface area contributed by atoms with E-state index in [4.69, 9.17) is 9.47 Å². The van der Waals surface area contributed by atoms with Crippen molar-refractivity contribution in [2.24, 2.45) is 11.8 Å². The second-order valence-corrected chi connectivity index (χ2v) is 6.52. The van der Waals surface area contributed by atoms with Crippen LogP contribution >= 0.6 is 0 Å². The maximum atomic E-state index is 12.6. The van der Waals surface area contributed by atoms with E-state index in [2.05, 4.69) is 17.0 Å². The van der Waals surface area contributed by atoms with Gasteiger partial charge in [0.05, 0.1) is 19.6 Å². The van der Waals surface area contributed by atoms with Gasteiger partial charge in [0.2, 0.25) is 5.91 Å². The molecule has 0 spiro atoms. The van der Waals surface area contributed by atoms with Crippen LogP contribution in [0.5, 0.6) is 5.75 Å². The average molecular weight is 318 g/mol. The molecule has 1 amide bonds. The lowest BCUT2D eigenvalue weighted by Crippen LogP contribution is -2.46. The lowest BCUT2D eigenvalue weighted by Gasteiger charge is -2.33. The molecule has 3 rings (SSSR count). The van der Waals surface area contributed by atoms with Crippen molar-refractivity contribution in [3.63, 3.8) is 0 Å². The number of nitrogens with zero attached hydrogens (tertiary/aromatic N) is 2. The number of piperidine rings is 1. The van der Waals surface area contributed by atoms with Gasteiger partial charge in [0, 0.05) is 39.8 Å². The average Bonchev–Trinajstić information content (AvgIpc) is 2.98. The summed E-state index contributed by atoms with van der Waals surface area (Å²) in [4.78, 5) is 17.0. The first kappa shape index (κ1) is 16.3. The van der Waals surface area contributed by atoms with Crippen LogP contribution in [-0.2, 0) is 16.1 Å². The zero-order valence-corrected chi connectivity index (χ0v) is 14.0. The summed E-state index contributed by atoms with van der Waals surface area (Å²) in [7, 11) is 3.37. The molecule has 0 aliphatic carbocycles. The molecule has 23 heavy (non-hydrogen) atoms. The number of hydrogen-bond donors (Lipinski definition) is 0. The molecule has 2 aliphatic rings. The van der Waals surface area contributed by atoms with E-state index in [1.807, 2.05) is 17.0 Å². The molecule has 0 aromatic heterocycles. The van der Waals surface area contributed by atoms with Gasteiger partial charge in [-0.25, -0.2) is 0 Å². The lowest BCUT2D eigenvalue weighted by molar-refractivity contribution is -0.140. The molecule has 2 aliphatic heterocycles. The second-order valence-electron chi connectivity index (χ2n) is 6.52. The van der Waals surface area contributed by atoms with E-state index >= 15 is 0 Å². The molecule has 5 heteroatoms. The predicted molar refractivity (Wildman–Crippen MR) is 88.3 cm³/mol. The number of amides is 1. The first-order valence-electron chi connectivity index (χ1n) is 8.34. The van der Waals surface area contributed by atoms with Crippen molar-refractivity contribution < 1.29 is 14.3 Å². The lowest BCUT2D eigenvalue weighted by atomic mass is 9.88. The first-order chi connectivity index (χ1) is 11.2. The molecular formula is C18H26N2O3. The van der Waals surface area contributed by atoms with Crippen molar-refractivity contribution in [2.75, 3.05) is 47.0 Å². The Morgan fingerprint density at radius 3 is 2.65 bits per heavy atom. The molecule has 1 aromatic rings. The van der Waals surface area contributed by atoms with Crippen LogP contribution in [0.1, 0.15) is 12.0 Å². The van der Waals surface area contributed by atoms with Crippen LogP contribution in [0, 0.1) is 11.8 Å². The van der Waals surface area contributed by atoms with E-state index < -0.39 is 0 Å². The third-order valence-corrected chi connectivity index (χ3v) is 5.05. The molecule has 0 bridgehead atoms. The van der Waals surface area contributed by atoms with Crippen LogP contribution in [0.15, 0.2) is 24.3 Å². The van der Waals surface area contributed by atoms with Crippen LogP contribution in [0.2, 0.25) is 0 Å². The van der Waals surface area contributed by atoms with Gasteiger partial charge in [-0.05, 0) is 30.0 Å². The number of carbonyl (C=O) groups is 1. The zero-order chi connectivity index (χ0) is 16.2. The number of likely N-dealkylation sites (tertiary alicyclic amines) is 2. The van der Waals surface area contributed by atoms with E-state index in [0.29, 0.717) is 18.4 Å². The Bertz CT molecular complexity index is 532. The van der Waals surface area contributed by atoms with Gasteiger partial charge in [0.1, 0.15) is 5.75 Å². The van der Waals surface area contributed by atoms with Gasteiger partial charge in [0.25, 0.3) is 0 Å². The van der Waals surface area contributed by atoms with Crippen LogP contribution in [0.3, 0.4) is 0 Å². The highest BCUT2D eigenvalue weighted by Gasteiger charge is 2.42. The fourth-order valence-corrected chi connectivity index (χ4v) is 3.74. The fourth-order valence-electron chi connectivity index (χ4n) is 3.74. The van der Waals surface area contributed by atoms with Crippen molar-refractivity contribution >= 4 is 5.91 Å². The summed E-state index contributed by atoms with van der Waals surface area (Å²) in [6.45, 7) is 5.03. The monoisotopic (exact) mass is 318 g/mol. The molecule has 0 saturated carbocycles. The number of ether oxygens (including phenoxy) is 2. The van der Waals surface area contributed by atoms with E-state index in [-0.39, 0.29) is 5.92 Å². The Morgan fingerprint density at radius 1 is 1.17 bits per heavy atom. The molecule has 2 atom stereocenters. The summed E-state index contributed by atoms with van der Waals surface area (Å²) in [6, 6.07) is 8.20. The summed E-state index contributed by atoms with van der Waals surface area (Å²) in [5.74, 6) is 1.88. The normalized spacial score (nSPS) is 24.8. The number of benzene rings is 1. The highest BCUT2D eigenvalue weighted by molar-refractivity contribution is 5.80. The SMILES string of the molecule is COCCN1CC[C@H]2CN(Cc3ccc(OC)cc3)C[C@@H]2C1=O. The first-order valence-corrected chi connectivity index (χ1v) is 8.34. The molecule has 1 aromatic carbocycles. The Kier molecular flexibility index (Phi) is 5.18. The van der Waals surface area contributed by atoms with E-state index in [1.54, 1.807) is 14.2 Å². The zero-order valence-electron chi connectivity index (χ0n) is 14.0. The number of rotatable bonds is 6. The third-order valence-electron chi connectivity index (χ3n) is 5.05. The highest BCUT2D eigenvalue weighted by Crippen LogP contribution is 2.32. The number of fused-ring (bicyclic) bond motifs is 1. The van der Waals surface area contributed by atoms with E-state index in [0.717, 1.165) is 44.9 Å². The van der Waals surface area contributed by atoms with Crippen LogP contribution in [0.4, 0.5) is 0 Å². The van der Waals surface area contributed by atoms with Gasteiger partial charge in [-0.1, -0.05) is 12.1 Å². The minimum absolute atomic E-state index is 0.166. The largest absolute Gasteiger partial charge is 0.497 e. The molecule has 0 radical (unpaired) electrons. The molecule has 2 saturated heterocycles. The van der Waals surface area contributed by atoms with Crippen molar-refractivity contribution in [2.45, 2.75) is 13.0 Å². The minimum atomic E-state index is 0.166. The molecule has 0 N–H and O–H groups in total. The molecular weight excluding hydrogens is 292 g/mol. The standard InChI is InChI=1S/C18H26N2O3/c1-22-10-9-20-8-7-15-12-19(13-17(15)18(20)21)11-14-3-5-16(23-2)6-4-14/h3-6,15,17H,7-13H2,1-2H3/t15-,17-/m0/s1. The van der Waals surface area contributed by atoms with Crippen LogP contribution in [0.25, 0.3) is 0 Å². The smallest absolute Gasteiger partial charge is 0.227 e. The third kappa shape index (κ3) is 3.67. The Hall–Kier alpha value is -1.59. The van der Waals surface area contributed by atoms with Gasteiger partial charge < -0.3 is 14.4 Å². The van der Waals surface area contributed by atoms with E-state index in [1.165, 1.54) is 5.56 Å². The maximum Gasteiger partial charge on any atom is 0.227 e. The Balaban J connectivity index is 1.57. The van der Waals surface area contributed by atoms with Gasteiger partial charge in [-0.2, -0.15) is 0 Å². The maximum absolute atomic E-state index is 12.6. The second kappa shape index (κ2) is 7.32. The molecule has 2 fully saturated rings. The van der Waals surface area contributed by atoms with Crippen molar-refractivity contribution in [3.8, 4) is 5.75 Å². The summed E-state index contributed by atoms with van der Waals surface area (Å²) < 4.78 is 10.3. The Labute approximate surface area is 138 Å². The summed E-state index contributed by atoms with van der Waals surface area (Å²) in [6.07, 6.45) is 1.11. The van der Waals surface area contributed by atoms with Crippen molar-refractivity contribution in [1.29, 1.82) is 0 Å². The number of carbonyl (C=O) groups excluding carboxylic acids is 1.